The Kier molecular flexibility index (Phi) is 9.31. The van der Waals surface area contributed by atoms with E-state index < -0.39 is 0 Å². The van der Waals surface area contributed by atoms with E-state index in [0.29, 0.717) is 19.7 Å². The van der Waals surface area contributed by atoms with E-state index in [1.165, 1.54) is 0 Å². The molecule has 0 aliphatic rings. The Labute approximate surface area is 174 Å². The van der Waals surface area contributed by atoms with Gasteiger partial charge in [0.05, 0.1) is 6.54 Å². The van der Waals surface area contributed by atoms with Crippen LogP contribution in [0.2, 0.25) is 0 Å². The standard InChI is InChI=1S/C23H34N4O2/c1-18-10-6-8-12-21(18)29-19(2)16-25-23(24-3)26-17-20-11-7-9-13-22(20)28-15-14-27(4)5/h6-13,19H,14-17H2,1-5H3,(H2,24,25,26). The maximum atomic E-state index is 6.02. The number of nitrogens with one attached hydrogen (secondary N) is 2. The number of rotatable bonds is 10. The first kappa shape index (κ1) is 22.6. The molecule has 6 heteroatoms. The molecule has 2 aromatic carbocycles. The molecule has 0 aliphatic heterocycles. The van der Waals surface area contributed by atoms with Crippen LogP contribution in [-0.4, -0.2) is 57.8 Å². The first-order valence-electron chi connectivity index (χ1n) is 10.0. The van der Waals surface area contributed by atoms with Crippen molar-refractivity contribution >= 4 is 5.96 Å². The molecule has 0 fully saturated rings. The summed E-state index contributed by atoms with van der Waals surface area (Å²) in [6.07, 6.45) is 0.0105. The SMILES string of the molecule is CN=C(NCc1ccccc1OCCN(C)C)NCC(C)Oc1ccccc1C. The zero-order valence-electron chi connectivity index (χ0n) is 18.2. The predicted molar refractivity (Wildman–Crippen MR) is 120 cm³/mol. The van der Waals surface area contributed by atoms with Gasteiger partial charge in [0, 0.05) is 25.7 Å². The highest BCUT2D eigenvalue weighted by Crippen LogP contribution is 2.18. The predicted octanol–water partition coefficient (Wildman–Crippen LogP) is 3.07. The smallest absolute Gasteiger partial charge is 0.191 e. The van der Waals surface area contributed by atoms with E-state index in [0.717, 1.165) is 35.1 Å². The molecule has 0 spiro atoms. The minimum absolute atomic E-state index is 0.0105. The van der Waals surface area contributed by atoms with Crippen LogP contribution in [0.15, 0.2) is 53.5 Å². The molecule has 0 aromatic heterocycles. The van der Waals surface area contributed by atoms with Gasteiger partial charge in [-0.1, -0.05) is 36.4 Å². The number of para-hydroxylation sites is 2. The summed E-state index contributed by atoms with van der Waals surface area (Å²) >= 11 is 0. The number of hydrogen-bond donors (Lipinski definition) is 2. The van der Waals surface area contributed by atoms with Gasteiger partial charge in [-0.05, 0) is 45.6 Å². The van der Waals surface area contributed by atoms with Crippen molar-refractivity contribution in [2.75, 3.05) is 40.8 Å². The van der Waals surface area contributed by atoms with E-state index in [1.807, 2.05) is 70.4 Å². The molecule has 0 saturated heterocycles. The Hall–Kier alpha value is -2.73. The molecular formula is C23H34N4O2. The third kappa shape index (κ3) is 8.03. The molecule has 2 aromatic rings. The van der Waals surface area contributed by atoms with Crippen molar-refractivity contribution in [3.8, 4) is 11.5 Å². The molecule has 2 N–H and O–H groups in total. The zero-order valence-corrected chi connectivity index (χ0v) is 18.2. The van der Waals surface area contributed by atoms with Crippen LogP contribution in [0.25, 0.3) is 0 Å². The van der Waals surface area contributed by atoms with E-state index >= 15 is 0 Å². The summed E-state index contributed by atoms with van der Waals surface area (Å²) in [4.78, 5) is 6.41. The van der Waals surface area contributed by atoms with Crippen molar-refractivity contribution in [1.29, 1.82) is 0 Å². The Morgan fingerprint density at radius 2 is 1.72 bits per heavy atom. The first-order chi connectivity index (χ1) is 14.0. The molecule has 0 amide bonds. The van der Waals surface area contributed by atoms with Crippen molar-refractivity contribution in [1.82, 2.24) is 15.5 Å². The molecule has 0 bridgehead atoms. The summed E-state index contributed by atoms with van der Waals surface area (Å²) in [5.41, 5.74) is 2.23. The Morgan fingerprint density at radius 1 is 1.03 bits per heavy atom. The van der Waals surface area contributed by atoms with Gasteiger partial charge in [-0.3, -0.25) is 4.99 Å². The zero-order chi connectivity index (χ0) is 21.1. The van der Waals surface area contributed by atoms with Crippen molar-refractivity contribution < 1.29 is 9.47 Å². The number of benzene rings is 2. The first-order valence-corrected chi connectivity index (χ1v) is 10.0. The van der Waals surface area contributed by atoms with Crippen molar-refractivity contribution in [2.24, 2.45) is 4.99 Å². The van der Waals surface area contributed by atoms with Gasteiger partial charge in [0.1, 0.15) is 24.2 Å². The molecular weight excluding hydrogens is 364 g/mol. The van der Waals surface area contributed by atoms with Gasteiger partial charge >= 0.3 is 0 Å². The van der Waals surface area contributed by atoms with Crippen LogP contribution in [0.5, 0.6) is 11.5 Å². The van der Waals surface area contributed by atoms with Crippen LogP contribution in [-0.2, 0) is 6.54 Å². The Balaban J connectivity index is 1.82. The summed E-state index contributed by atoms with van der Waals surface area (Å²) in [6, 6.07) is 16.1. The third-order valence-corrected chi connectivity index (χ3v) is 4.42. The largest absolute Gasteiger partial charge is 0.492 e. The van der Waals surface area contributed by atoms with Crippen molar-refractivity contribution in [3.63, 3.8) is 0 Å². The lowest BCUT2D eigenvalue weighted by atomic mass is 10.2. The highest BCUT2D eigenvalue weighted by molar-refractivity contribution is 5.79. The lowest BCUT2D eigenvalue weighted by Gasteiger charge is -2.19. The molecule has 29 heavy (non-hydrogen) atoms. The van der Waals surface area contributed by atoms with Gasteiger partial charge in [-0.2, -0.15) is 0 Å². The topological polar surface area (TPSA) is 58.1 Å². The molecule has 6 nitrogen and oxygen atoms in total. The van der Waals surface area contributed by atoms with Crippen LogP contribution in [0.3, 0.4) is 0 Å². The van der Waals surface area contributed by atoms with Crippen LogP contribution < -0.4 is 20.1 Å². The van der Waals surface area contributed by atoms with Gasteiger partial charge in [-0.15, -0.1) is 0 Å². The lowest BCUT2D eigenvalue weighted by molar-refractivity contribution is 0.222. The van der Waals surface area contributed by atoms with E-state index in [-0.39, 0.29) is 6.10 Å². The number of likely N-dealkylation sites (N-methyl/N-ethyl adjacent to an activating group) is 1. The third-order valence-electron chi connectivity index (χ3n) is 4.42. The maximum absolute atomic E-state index is 6.02. The molecule has 1 unspecified atom stereocenters. The quantitative estimate of drug-likeness (QED) is 0.476. The minimum atomic E-state index is 0.0105. The molecule has 0 heterocycles. The van der Waals surface area contributed by atoms with Crippen molar-refractivity contribution in [3.05, 3.63) is 59.7 Å². The number of aliphatic imine (C=N–C) groups is 1. The normalized spacial score (nSPS) is 12.6. The van der Waals surface area contributed by atoms with E-state index in [4.69, 9.17) is 9.47 Å². The van der Waals surface area contributed by atoms with Gasteiger partial charge < -0.3 is 25.0 Å². The fourth-order valence-corrected chi connectivity index (χ4v) is 2.72. The van der Waals surface area contributed by atoms with Crippen molar-refractivity contribution in [2.45, 2.75) is 26.5 Å². The van der Waals surface area contributed by atoms with Gasteiger partial charge in [0.25, 0.3) is 0 Å². The molecule has 0 aliphatic carbocycles. The highest BCUT2D eigenvalue weighted by atomic mass is 16.5. The van der Waals surface area contributed by atoms with Crippen LogP contribution in [0.1, 0.15) is 18.1 Å². The monoisotopic (exact) mass is 398 g/mol. The molecule has 0 saturated carbocycles. The van der Waals surface area contributed by atoms with Gasteiger partial charge in [0.2, 0.25) is 0 Å². The number of hydrogen-bond acceptors (Lipinski definition) is 4. The second-order valence-corrected chi connectivity index (χ2v) is 7.26. The second-order valence-electron chi connectivity index (χ2n) is 7.26. The fourth-order valence-electron chi connectivity index (χ4n) is 2.72. The number of aryl methyl sites for hydroxylation is 1. The second kappa shape index (κ2) is 12.0. The van der Waals surface area contributed by atoms with E-state index in [2.05, 4.69) is 26.6 Å². The van der Waals surface area contributed by atoms with Gasteiger partial charge in [-0.25, -0.2) is 0 Å². The fraction of sp³-hybridized carbons (Fsp3) is 0.435. The number of nitrogens with zero attached hydrogens (tertiary/aromatic N) is 2. The average molecular weight is 399 g/mol. The van der Waals surface area contributed by atoms with E-state index in [1.54, 1.807) is 7.05 Å². The molecule has 0 radical (unpaired) electrons. The van der Waals surface area contributed by atoms with Crippen LogP contribution in [0.4, 0.5) is 0 Å². The molecule has 1 atom stereocenters. The average Bonchev–Trinajstić information content (AvgIpc) is 2.70. The maximum Gasteiger partial charge on any atom is 0.191 e. The number of ether oxygens (including phenoxy) is 2. The summed E-state index contributed by atoms with van der Waals surface area (Å²) in [5.74, 6) is 2.54. The molecule has 158 valence electrons. The van der Waals surface area contributed by atoms with E-state index in [9.17, 15) is 0 Å². The number of guanidine groups is 1. The summed E-state index contributed by atoms with van der Waals surface area (Å²) < 4.78 is 11.9. The summed E-state index contributed by atoms with van der Waals surface area (Å²) in [6.45, 7) is 6.91. The summed E-state index contributed by atoms with van der Waals surface area (Å²) in [7, 11) is 5.84. The minimum Gasteiger partial charge on any atom is -0.492 e. The highest BCUT2D eigenvalue weighted by Gasteiger charge is 2.08. The molecule has 2 rings (SSSR count). The lowest BCUT2D eigenvalue weighted by Crippen LogP contribution is -2.41. The van der Waals surface area contributed by atoms with Gasteiger partial charge in [0.15, 0.2) is 5.96 Å². The summed E-state index contributed by atoms with van der Waals surface area (Å²) in [5, 5.41) is 6.67. The van der Waals surface area contributed by atoms with Crippen LogP contribution >= 0.6 is 0 Å². The Bertz CT molecular complexity index is 777. The van der Waals surface area contributed by atoms with Crippen LogP contribution in [0, 0.1) is 6.92 Å². The Morgan fingerprint density at radius 3 is 2.41 bits per heavy atom.